The Kier molecular flexibility index (Phi) is 5.54. The lowest BCUT2D eigenvalue weighted by molar-refractivity contribution is 0.0240. The molecule has 8 nitrogen and oxygen atoms in total. The summed E-state index contributed by atoms with van der Waals surface area (Å²) >= 11 is 0. The zero-order valence-electron chi connectivity index (χ0n) is 18.0. The maximum Gasteiger partial charge on any atom is 0.410 e. The number of hydrogen-bond acceptors (Lipinski definition) is 7. The molecule has 4 rings (SSSR count). The molecule has 0 atom stereocenters. The first kappa shape index (κ1) is 20.7. The van der Waals surface area contributed by atoms with E-state index in [0.29, 0.717) is 43.4 Å². The number of benzene rings is 2. The Bertz CT molecular complexity index is 1090. The molecule has 0 radical (unpaired) electrons. The quantitative estimate of drug-likeness (QED) is 0.637. The van der Waals surface area contributed by atoms with Gasteiger partial charge in [-0.1, -0.05) is 6.07 Å². The van der Waals surface area contributed by atoms with Crippen LogP contribution in [0.25, 0.3) is 11.0 Å². The largest absolute Gasteiger partial charge is 0.457 e. The number of carbonyl (C=O) groups is 1. The molecule has 162 valence electrons. The van der Waals surface area contributed by atoms with Gasteiger partial charge in [-0.2, -0.15) is 0 Å². The zero-order chi connectivity index (χ0) is 22.0. The van der Waals surface area contributed by atoms with Crippen LogP contribution in [0, 0.1) is 0 Å². The van der Waals surface area contributed by atoms with Crippen LogP contribution in [0.15, 0.2) is 48.7 Å². The van der Waals surface area contributed by atoms with E-state index in [9.17, 15) is 4.79 Å². The molecule has 1 amide bonds. The molecule has 1 saturated heterocycles. The van der Waals surface area contributed by atoms with Crippen LogP contribution in [0.3, 0.4) is 0 Å². The number of amides is 1. The summed E-state index contributed by atoms with van der Waals surface area (Å²) in [5.41, 5.74) is 7.50. The zero-order valence-corrected chi connectivity index (χ0v) is 18.0. The SMILES string of the molecule is CC(C)(C)OC(=O)N1CCN(c2cnc3ccc(Oc4cccc(N)c4)cc3n2)CC1. The molecule has 3 aromatic rings. The Balaban J connectivity index is 1.46. The van der Waals surface area contributed by atoms with Gasteiger partial charge in [0, 0.05) is 44.0 Å². The molecule has 1 fully saturated rings. The smallest absolute Gasteiger partial charge is 0.410 e. The molecule has 2 heterocycles. The summed E-state index contributed by atoms with van der Waals surface area (Å²) < 4.78 is 11.4. The summed E-state index contributed by atoms with van der Waals surface area (Å²) in [6.07, 6.45) is 1.49. The number of fused-ring (bicyclic) bond motifs is 1. The minimum Gasteiger partial charge on any atom is -0.457 e. The summed E-state index contributed by atoms with van der Waals surface area (Å²) in [7, 11) is 0. The Morgan fingerprint density at radius 1 is 1.00 bits per heavy atom. The van der Waals surface area contributed by atoms with Crippen LogP contribution in [-0.4, -0.2) is 52.7 Å². The van der Waals surface area contributed by atoms with Crippen LogP contribution in [0.2, 0.25) is 0 Å². The molecule has 8 heteroatoms. The van der Waals surface area contributed by atoms with Crippen molar-refractivity contribution in [2.24, 2.45) is 0 Å². The lowest BCUT2D eigenvalue weighted by atomic mass is 10.2. The summed E-state index contributed by atoms with van der Waals surface area (Å²) in [4.78, 5) is 25.4. The fraction of sp³-hybridized carbons (Fsp3) is 0.348. The topological polar surface area (TPSA) is 93.8 Å². The lowest BCUT2D eigenvalue weighted by Crippen LogP contribution is -2.50. The number of nitrogens with zero attached hydrogens (tertiary/aromatic N) is 4. The third-order valence-corrected chi connectivity index (χ3v) is 4.85. The molecule has 1 aliphatic heterocycles. The van der Waals surface area contributed by atoms with Gasteiger partial charge in [-0.15, -0.1) is 0 Å². The predicted octanol–water partition coefficient (Wildman–Crippen LogP) is 4.06. The van der Waals surface area contributed by atoms with Crippen LogP contribution in [0.5, 0.6) is 11.5 Å². The van der Waals surface area contributed by atoms with Gasteiger partial charge in [-0.25, -0.2) is 9.78 Å². The molecule has 0 aliphatic carbocycles. The van der Waals surface area contributed by atoms with E-state index in [-0.39, 0.29) is 6.09 Å². The van der Waals surface area contributed by atoms with Crippen molar-refractivity contribution in [2.45, 2.75) is 26.4 Å². The molecule has 0 saturated carbocycles. The van der Waals surface area contributed by atoms with E-state index in [2.05, 4.69) is 9.88 Å². The minimum atomic E-state index is -0.497. The first-order valence-corrected chi connectivity index (χ1v) is 10.3. The number of ether oxygens (including phenoxy) is 2. The summed E-state index contributed by atoms with van der Waals surface area (Å²) in [6, 6.07) is 12.9. The van der Waals surface area contributed by atoms with Crippen molar-refractivity contribution in [1.29, 1.82) is 0 Å². The fourth-order valence-corrected chi connectivity index (χ4v) is 3.36. The maximum absolute atomic E-state index is 12.3. The van der Waals surface area contributed by atoms with Crippen molar-refractivity contribution < 1.29 is 14.3 Å². The number of nitrogen functional groups attached to an aromatic ring is 1. The first-order valence-electron chi connectivity index (χ1n) is 10.3. The highest BCUT2D eigenvalue weighted by Crippen LogP contribution is 2.26. The highest BCUT2D eigenvalue weighted by molar-refractivity contribution is 5.77. The highest BCUT2D eigenvalue weighted by Gasteiger charge is 2.26. The molecule has 1 aliphatic rings. The number of piperazine rings is 1. The molecular formula is C23H27N5O3. The number of nitrogens with two attached hydrogens (primary N) is 1. The Hall–Kier alpha value is -3.55. The average molecular weight is 422 g/mol. The molecule has 31 heavy (non-hydrogen) atoms. The molecule has 0 spiro atoms. The van der Waals surface area contributed by atoms with E-state index in [4.69, 9.17) is 20.2 Å². The molecule has 0 bridgehead atoms. The first-order chi connectivity index (χ1) is 14.8. The van der Waals surface area contributed by atoms with Gasteiger partial charge in [-0.05, 0) is 45.0 Å². The Morgan fingerprint density at radius 3 is 2.45 bits per heavy atom. The number of carbonyl (C=O) groups excluding carboxylic acids is 1. The van der Waals surface area contributed by atoms with Crippen LogP contribution >= 0.6 is 0 Å². The van der Waals surface area contributed by atoms with Gasteiger partial charge in [0.1, 0.15) is 22.9 Å². The molecule has 0 unspecified atom stereocenters. The van der Waals surface area contributed by atoms with Gasteiger partial charge in [0.25, 0.3) is 0 Å². The lowest BCUT2D eigenvalue weighted by Gasteiger charge is -2.36. The van der Waals surface area contributed by atoms with E-state index < -0.39 is 5.60 Å². The van der Waals surface area contributed by atoms with Gasteiger partial charge < -0.3 is 25.0 Å². The second kappa shape index (κ2) is 8.29. The van der Waals surface area contributed by atoms with Crippen LogP contribution in [-0.2, 0) is 4.74 Å². The Morgan fingerprint density at radius 2 is 1.74 bits per heavy atom. The van der Waals surface area contributed by atoms with Crippen LogP contribution < -0.4 is 15.4 Å². The monoisotopic (exact) mass is 421 g/mol. The van der Waals surface area contributed by atoms with E-state index in [1.165, 1.54) is 0 Å². The van der Waals surface area contributed by atoms with Crippen molar-refractivity contribution >= 4 is 28.6 Å². The second-order valence-corrected chi connectivity index (χ2v) is 8.51. The predicted molar refractivity (Wildman–Crippen MR) is 120 cm³/mol. The van der Waals surface area contributed by atoms with E-state index in [1.54, 1.807) is 17.2 Å². The fourth-order valence-electron chi connectivity index (χ4n) is 3.36. The highest BCUT2D eigenvalue weighted by atomic mass is 16.6. The van der Waals surface area contributed by atoms with Crippen molar-refractivity contribution in [1.82, 2.24) is 14.9 Å². The summed E-state index contributed by atoms with van der Waals surface area (Å²) in [5, 5.41) is 0. The molecule has 1 aromatic heterocycles. The number of rotatable bonds is 3. The molecule has 2 N–H and O–H groups in total. The van der Waals surface area contributed by atoms with Gasteiger partial charge >= 0.3 is 6.09 Å². The normalized spacial score (nSPS) is 14.5. The van der Waals surface area contributed by atoms with Gasteiger partial charge in [0.05, 0.1) is 17.2 Å². The van der Waals surface area contributed by atoms with Crippen LogP contribution in [0.1, 0.15) is 20.8 Å². The van der Waals surface area contributed by atoms with Gasteiger partial charge in [-0.3, -0.25) is 4.98 Å². The second-order valence-electron chi connectivity index (χ2n) is 8.51. The van der Waals surface area contributed by atoms with Crippen LogP contribution in [0.4, 0.5) is 16.3 Å². The number of hydrogen-bond donors (Lipinski definition) is 1. The Labute approximate surface area is 181 Å². The average Bonchev–Trinajstić information content (AvgIpc) is 2.72. The summed E-state index contributed by atoms with van der Waals surface area (Å²) in [5.74, 6) is 2.11. The van der Waals surface area contributed by atoms with E-state index in [1.807, 2.05) is 57.2 Å². The third-order valence-electron chi connectivity index (χ3n) is 4.85. The van der Waals surface area contributed by atoms with Crippen molar-refractivity contribution in [3.05, 3.63) is 48.7 Å². The van der Waals surface area contributed by atoms with E-state index in [0.717, 1.165) is 16.9 Å². The van der Waals surface area contributed by atoms with Gasteiger partial charge in [0.2, 0.25) is 0 Å². The minimum absolute atomic E-state index is 0.278. The van der Waals surface area contributed by atoms with Crippen molar-refractivity contribution in [3.63, 3.8) is 0 Å². The molecular weight excluding hydrogens is 394 g/mol. The number of anilines is 2. The van der Waals surface area contributed by atoms with Crippen molar-refractivity contribution in [3.8, 4) is 11.5 Å². The third kappa shape index (κ3) is 5.14. The maximum atomic E-state index is 12.3. The van der Waals surface area contributed by atoms with Crippen molar-refractivity contribution in [2.75, 3.05) is 36.8 Å². The summed E-state index contributed by atoms with van der Waals surface area (Å²) in [6.45, 7) is 8.10. The van der Waals surface area contributed by atoms with E-state index >= 15 is 0 Å². The van der Waals surface area contributed by atoms with Gasteiger partial charge in [0.15, 0.2) is 0 Å². The number of aromatic nitrogens is 2. The molecule has 2 aromatic carbocycles. The standard InChI is InChI=1S/C23H27N5O3/c1-23(2,3)31-22(29)28-11-9-27(10-12-28)21-15-25-19-8-7-18(14-20(19)26-21)30-17-6-4-5-16(24)13-17/h4-8,13-15H,9-12,24H2,1-3H3.